The van der Waals surface area contributed by atoms with Crippen molar-refractivity contribution in [1.29, 1.82) is 0 Å². The predicted octanol–water partition coefficient (Wildman–Crippen LogP) is 8.88. The van der Waals surface area contributed by atoms with Gasteiger partial charge in [0.05, 0.1) is 6.61 Å². The second-order valence-electron chi connectivity index (χ2n) is 10.8. The lowest BCUT2D eigenvalue weighted by atomic mass is 9.65. The minimum Gasteiger partial charge on any atom is -0.377 e. The lowest BCUT2D eigenvalue weighted by Crippen LogP contribution is -2.26. The molecule has 0 saturated heterocycles. The number of benzene rings is 3. The van der Waals surface area contributed by atoms with E-state index in [0.29, 0.717) is 12.5 Å². The summed E-state index contributed by atoms with van der Waals surface area (Å²) in [6.45, 7) is 18.0. The quantitative estimate of drug-likeness (QED) is 0.269. The summed E-state index contributed by atoms with van der Waals surface area (Å²) in [6, 6.07) is 18.3. The second-order valence-corrected chi connectivity index (χ2v) is 10.8. The molecule has 0 aliphatic heterocycles. The smallest absolute Gasteiger partial charge is 0.0717 e. The summed E-state index contributed by atoms with van der Waals surface area (Å²) < 4.78 is 5.82. The van der Waals surface area contributed by atoms with E-state index in [9.17, 15) is 0 Å². The predicted molar refractivity (Wildman–Crippen MR) is 132 cm³/mol. The van der Waals surface area contributed by atoms with Crippen LogP contribution in [0.3, 0.4) is 0 Å². The molecule has 0 N–H and O–H groups in total. The standard InChI is InChI=1S/C29H40O/c1-8-16-30-20-21-14-15-25-23(17-21)18-22-12-10-11-13-24(22)27(25)26(19-28(3,4)5)29(6,7)9-2/h10-15,17-18,26H,8-9,16,19-20H2,1-7H3. The molecular formula is C29H40O. The van der Waals surface area contributed by atoms with Gasteiger partial charge in [-0.15, -0.1) is 0 Å². The van der Waals surface area contributed by atoms with Crippen molar-refractivity contribution in [3.63, 3.8) is 0 Å². The van der Waals surface area contributed by atoms with Crippen molar-refractivity contribution < 1.29 is 4.74 Å². The zero-order chi connectivity index (χ0) is 21.9. The van der Waals surface area contributed by atoms with Gasteiger partial charge in [0.2, 0.25) is 0 Å². The van der Waals surface area contributed by atoms with E-state index in [1.54, 1.807) is 0 Å². The number of fused-ring (bicyclic) bond motifs is 2. The number of rotatable bonds is 8. The first kappa shape index (κ1) is 22.8. The Hall–Kier alpha value is -1.86. The Morgan fingerprint density at radius 2 is 1.53 bits per heavy atom. The average molecular weight is 405 g/mol. The summed E-state index contributed by atoms with van der Waals surface area (Å²) in [5.74, 6) is 0.498. The molecule has 30 heavy (non-hydrogen) atoms. The number of hydrogen-bond donors (Lipinski definition) is 0. The van der Waals surface area contributed by atoms with Crippen molar-refractivity contribution in [1.82, 2.24) is 0 Å². The van der Waals surface area contributed by atoms with Crippen LogP contribution in [0.4, 0.5) is 0 Å². The van der Waals surface area contributed by atoms with Crippen molar-refractivity contribution in [2.24, 2.45) is 10.8 Å². The van der Waals surface area contributed by atoms with Gasteiger partial charge in [0.1, 0.15) is 0 Å². The Kier molecular flexibility index (Phi) is 6.92. The molecular weight excluding hydrogens is 364 g/mol. The fourth-order valence-corrected chi connectivity index (χ4v) is 4.59. The van der Waals surface area contributed by atoms with Gasteiger partial charge in [0.15, 0.2) is 0 Å². The molecule has 162 valence electrons. The van der Waals surface area contributed by atoms with Crippen molar-refractivity contribution in [2.45, 2.75) is 80.3 Å². The van der Waals surface area contributed by atoms with Crippen LogP contribution in [-0.4, -0.2) is 6.61 Å². The molecule has 0 aliphatic carbocycles. The number of ether oxygens (including phenoxy) is 1. The topological polar surface area (TPSA) is 9.23 Å². The van der Waals surface area contributed by atoms with Crippen LogP contribution in [0.15, 0.2) is 48.5 Å². The van der Waals surface area contributed by atoms with Crippen LogP contribution < -0.4 is 0 Å². The Labute approximate surface area is 183 Å². The van der Waals surface area contributed by atoms with Gasteiger partial charge in [-0.05, 0) is 74.4 Å². The summed E-state index contributed by atoms with van der Waals surface area (Å²) in [6.07, 6.45) is 3.41. The molecule has 3 aromatic rings. The summed E-state index contributed by atoms with van der Waals surface area (Å²) in [4.78, 5) is 0. The van der Waals surface area contributed by atoms with Crippen LogP contribution >= 0.6 is 0 Å². The van der Waals surface area contributed by atoms with Crippen LogP contribution in [0, 0.1) is 10.8 Å². The van der Waals surface area contributed by atoms with Crippen molar-refractivity contribution >= 4 is 21.5 Å². The number of hydrogen-bond acceptors (Lipinski definition) is 1. The second kappa shape index (κ2) is 9.10. The average Bonchev–Trinajstić information content (AvgIpc) is 2.70. The van der Waals surface area contributed by atoms with Crippen LogP contribution in [0.2, 0.25) is 0 Å². The molecule has 3 aromatic carbocycles. The molecule has 1 atom stereocenters. The van der Waals surface area contributed by atoms with E-state index in [1.807, 2.05) is 0 Å². The summed E-state index contributed by atoms with van der Waals surface area (Å²) in [7, 11) is 0. The van der Waals surface area contributed by atoms with Gasteiger partial charge in [-0.25, -0.2) is 0 Å². The molecule has 0 amide bonds. The third kappa shape index (κ3) is 5.06. The molecule has 0 aromatic heterocycles. The van der Waals surface area contributed by atoms with Crippen molar-refractivity contribution in [3.05, 3.63) is 59.7 Å². The minimum atomic E-state index is 0.229. The maximum absolute atomic E-state index is 5.82. The molecule has 0 heterocycles. The zero-order valence-electron chi connectivity index (χ0n) is 20.1. The van der Waals surface area contributed by atoms with E-state index in [4.69, 9.17) is 4.74 Å². The van der Waals surface area contributed by atoms with E-state index in [0.717, 1.165) is 13.0 Å². The molecule has 3 rings (SSSR count). The molecule has 1 unspecified atom stereocenters. The lowest BCUT2D eigenvalue weighted by molar-refractivity contribution is 0.121. The molecule has 0 aliphatic rings. The Bertz CT molecular complexity index is 990. The van der Waals surface area contributed by atoms with Crippen LogP contribution in [0.5, 0.6) is 0 Å². The highest BCUT2D eigenvalue weighted by atomic mass is 16.5. The Morgan fingerprint density at radius 1 is 0.833 bits per heavy atom. The van der Waals surface area contributed by atoms with E-state index in [-0.39, 0.29) is 10.8 Å². The van der Waals surface area contributed by atoms with Crippen molar-refractivity contribution in [3.8, 4) is 0 Å². The van der Waals surface area contributed by atoms with E-state index in [2.05, 4.69) is 97.0 Å². The van der Waals surface area contributed by atoms with Crippen LogP contribution in [-0.2, 0) is 11.3 Å². The van der Waals surface area contributed by atoms with Crippen LogP contribution in [0.1, 0.15) is 84.8 Å². The normalized spacial score (nSPS) is 13.8. The fraction of sp³-hybridized carbons (Fsp3) is 0.517. The molecule has 0 spiro atoms. The monoisotopic (exact) mass is 404 g/mol. The summed E-state index contributed by atoms with van der Waals surface area (Å²) in [5, 5.41) is 5.50. The Balaban J connectivity index is 2.25. The molecule has 0 fully saturated rings. The summed E-state index contributed by atoms with van der Waals surface area (Å²) >= 11 is 0. The fourth-order valence-electron chi connectivity index (χ4n) is 4.59. The van der Waals surface area contributed by atoms with Gasteiger partial charge in [-0.1, -0.05) is 91.3 Å². The third-order valence-corrected chi connectivity index (χ3v) is 6.60. The third-order valence-electron chi connectivity index (χ3n) is 6.60. The van der Waals surface area contributed by atoms with Gasteiger partial charge in [-0.3, -0.25) is 0 Å². The largest absolute Gasteiger partial charge is 0.377 e. The summed E-state index contributed by atoms with van der Waals surface area (Å²) in [5.41, 5.74) is 3.30. The SMILES string of the molecule is CCCOCc1ccc2c(C(CC(C)(C)C)C(C)(C)CC)c3ccccc3cc2c1. The van der Waals surface area contributed by atoms with Gasteiger partial charge in [0.25, 0.3) is 0 Å². The lowest BCUT2D eigenvalue weighted by Gasteiger charge is -2.39. The molecule has 0 saturated carbocycles. The maximum Gasteiger partial charge on any atom is 0.0717 e. The van der Waals surface area contributed by atoms with E-state index >= 15 is 0 Å². The van der Waals surface area contributed by atoms with Gasteiger partial charge >= 0.3 is 0 Å². The van der Waals surface area contributed by atoms with E-state index in [1.165, 1.54) is 45.5 Å². The maximum atomic E-state index is 5.82. The highest BCUT2D eigenvalue weighted by molar-refractivity contribution is 6.03. The minimum absolute atomic E-state index is 0.229. The first-order chi connectivity index (χ1) is 14.2. The van der Waals surface area contributed by atoms with Crippen LogP contribution in [0.25, 0.3) is 21.5 Å². The Morgan fingerprint density at radius 3 is 2.20 bits per heavy atom. The van der Waals surface area contributed by atoms with Gasteiger partial charge in [0, 0.05) is 6.61 Å². The van der Waals surface area contributed by atoms with Gasteiger partial charge in [-0.2, -0.15) is 0 Å². The highest BCUT2D eigenvalue weighted by Gasteiger charge is 2.34. The van der Waals surface area contributed by atoms with Gasteiger partial charge < -0.3 is 4.74 Å². The molecule has 0 bridgehead atoms. The molecule has 1 nitrogen and oxygen atoms in total. The first-order valence-electron chi connectivity index (χ1n) is 11.7. The van der Waals surface area contributed by atoms with Crippen molar-refractivity contribution in [2.75, 3.05) is 6.61 Å². The molecule has 1 heteroatoms. The highest BCUT2D eigenvalue weighted by Crippen LogP contribution is 2.49. The first-order valence-corrected chi connectivity index (χ1v) is 11.7. The van der Waals surface area contributed by atoms with E-state index < -0.39 is 0 Å². The molecule has 0 radical (unpaired) electrons. The zero-order valence-corrected chi connectivity index (χ0v) is 20.1.